The van der Waals surface area contributed by atoms with Gasteiger partial charge in [0.1, 0.15) is 5.58 Å². The van der Waals surface area contributed by atoms with Crippen LogP contribution in [-0.2, 0) is 6.42 Å². The molecule has 0 fully saturated rings. The zero-order valence-corrected chi connectivity index (χ0v) is 13.7. The summed E-state index contributed by atoms with van der Waals surface area (Å²) < 4.78 is 5.65. The summed E-state index contributed by atoms with van der Waals surface area (Å²) in [5.41, 5.74) is 5.17. The molecule has 0 saturated carbocycles. The molecular formula is C20H19NO3. The van der Waals surface area contributed by atoms with Crippen LogP contribution in [0.25, 0.3) is 22.1 Å². The number of amides is 1. The van der Waals surface area contributed by atoms with Crippen molar-refractivity contribution in [3.05, 3.63) is 59.9 Å². The Hall–Kier alpha value is -2.75. The zero-order chi connectivity index (χ0) is 16.9. The number of carbonyl (C=O) groups is 1. The van der Waals surface area contributed by atoms with Crippen molar-refractivity contribution in [1.82, 2.24) is 5.32 Å². The first-order chi connectivity index (χ1) is 11.5. The molecule has 4 nitrogen and oxygen atoms in total. The van der Waals surface area contributed by atoms with E-state index in [1.54, 1.807) is 6.26 Å². The van der Waals surface area contributed by atoms with Crippen LogP contribution in [0, 0.1) is 5.41 Å². The highest BCUT2D eigenvalue weighted by Crippen LogP contribution is 2.46. The maximum Gasteiger partial charge on any atom is 0.405 e. The fourth-order valence-corrected chi connectivity index (χ4v) is 3.82. The van der Waals surface area contributed by atoms with Gasteiger partial charge < -0.3 is 14.8 Å². The average molecular weight is 321 g/mol. The van der Waals surface area contributed by atoms with Gasteiger partial charge >= 0.3 is 6.09 Å². The fourth-order valence-electron chi connectivity index (χ4n) is 3.82. The second-order valence-electron chi connectivity index (χ2n) is 7.11. The van der Waals surface area contributed by atoms with E-state index in [4.69, 9.17) is 9.52 Å². The van der Waals surface area contributed by atoms with Gasteiger partial charge in [0.25, 0.3) is 0 Å². The largest absolute Gasteiger partial charge is 0.465 e. The third kappa shape index (κ3) is 2.26. The van der Waals surface area contributed by atoms with Gasteiger partial charge in [-0.2, -0.15) is 0 Å². The molecule has 122 valence electrons. The quantitative estimate of drug-likeness (QED) is 0.699. The van der Waals surface area contributed by atoms with Gasteiger partial charge in [-0.1, -0.05) is 50.2 Å². The Bertz CT molecular complexity index is 939. The van der Waals surface area contributed by atoms with E-state index in [1.807, 2.05) is 30.3 Å². The van der Waals surface area contributed by atoms with Crippen molar-refractivity contribution in [3.63, 3.8) is 0 Å². The van der Waals surface area contributed by atoms with Crippen LogP contribution >= 0.6 is 0 Å². The van der Waals surface area contributed by atoms with Crippen LogP contribution in [0.1, 0.15) is 31.0 Å². The minimum Gasteiger partial charge on any atom is -0.465 e. The van der Waals surface area contributed by atoms with Crippen molar-refractivity contribution in [2.75, 3.05) is 0 Å². The summed E-state index contributed by atoms with van der Waals surface area (Å²) in [4.78, 5) is 11.1. The summed E-state index contributed by atoms with van der Waals surface area (Å²) in [6.07, 6.45) is 1.65. The number of benzene rings is 2. The second-order valence-corrected chi connectivity index (χ2v) is 7.11. The molecule has 1 aliphatic rings. The summed E-state index contributed by atoms with van der Waals surface area (Å²) in [6.45, 7) is 4.20. The minimum atomic E-state index is -0.981. The molecule has 0 radical (unpaired) electrons. The van der Waals surface area contributed by atoms with E-state index in [2.05, 4.69) is 31.3 Å². The molecular weight excluding hydrogens is 302 g/mol. The number of hydrogen-bond acceptors (Lipinski definition) is 2. The molecule has 2 aromatic carbocycles. The monoisotopic (exact) mass is 321 g/mol. The predicted molar refractivity (Wildman–Crippen MR) is 93.0 cm³/mol. The topological polar surface area (TPSA) is 62.5 Å². The SMILES string of the molecule is CC1(C)Cc2cc(-c3coc4ccccc34)ccc2C1NC(=O)O. The molecule has 24 heavy (non-hydrogen) atoms. The van der Waals surface area contributed by atoms with E-state index in [0.29, 0.717) is 0 Å². The van der Waals surface area contributed by atoms with E-state index in [0.717, 1.165) is 34.1 Å². The maximum absolute atomic E-state index is 11.1. The van der Waals surface area contributed by atoms with Gasteiger partial charge in [-0.05, 0) is 34.6 Å². The van der Waals surface area contributed by atoms with Crippen LogP contribution < -0.4 is 5.32 Å². The van der Waals surface area contributed by atoms with Gasteiger partial charge in [-0.25, -0.2) is 4.79 Å². The van der Waals surface area contributed by atoms with Gasteiger partial charge in [0.2, 0.25) is 0 Å². The molecule has 4 heteroatoms. The van der Waals surface area contributed by atoms with Gasteiger partial charge in [0.15, 0.2) is 0 Å². The van der Waals surface area contributed by atoms with Crippen molar-refractivity contribution < 1.29 is 14.3 Å². The lowest BCUT2D eigenvalue weighted by Gasteiger charge is -2.27. The van der Waals surface area contributed by atoms with Gasteiger partial charge in [0.05, 0.1) is 12.3 Å². The van der Waals surface area contributed by atoms with E-state index in [1.165, 1.54) is 5.56 Å². The Morgan fingerprint density at radius 2 is 2.04 bits per heavy atom. The molecule has 1 unspecified atom stereocenters. The first kappa shape index (κ1) is 14.8. The highest BCUT2D eigenvalue weighted by Gasteiger charge is 2.40. The van der Waals surface area contributed by atoms with E-state index in [9.17, 15) is 4.79 Å². The van der Waals surface area contributed by atoms with Crippen molar-refractivity contribution in [2.24, 2.45) is 5.41 Å². The number of fused-ring (bicyclic) bond motifs is 2. The zero-order valence-electron chi connectivity index (χ0n) is 13.7. The van der Waals surface area contributed by atoms with Gasteiger partial charge in [0, 0.05) is 10.9 Å². The molecule has 1 aromatic heterocycles. The highest BCUT2D eigenvalue weighted by atomic mass is 16.4. The average Bonchev–Trinajstić information content (AvgIpc) is 3.05. The lowest BCUT2D eigenvalue weighted by Crippen LogP contribution is -2.34. The van der Waals surface area contributed by atoms with Crippen molar-refractivity contribution in [2.45, 2.75) is 26.3 Å². The summed E-state index contributed by atoms with van der Waals surface area (Å²) in [5, 5.41) is 12.9. The predicted octanol–water partition coefficient (Wildman–Crippen LogP) is 4.99. The number of hydrogen-bond donors (Lipinski definition) is 2. The summed E-state index contributed by atoms with van der Waals surface area (Å²) in [5.74, 6) is 0. The Labute approximate surface area is 140 Å². The third-order valence-electron chi connectivity index (χ3n) is 4.94. The number of nitrogens with one attached hydrogen (secondary N) is 1. The van der Waals surface area contributed by atoms with Crippen LogP contribution in [-0.4, -0.2) is 11.2 Å². The fraction of sp³-hybridized carbons (Fsp3) is 0.250. The molecule has 0 aliphatic heterocycles. The van der Waals surface area contributed by atoms with Crippen molar-refractivity contribution in [3.8, 4) is 11.1 Å². The Balaban J connectivity index is 1.79. The molecule has 2 N–H and O–H groups in total. The smallest absolute Gasteiger partial charge is 0.405 e. The lowest BCUT2D eigenvalue weighted by atomic mass is 9.85. The molecule has 0 saturated heterocycles. The Kier molecular flexibility index (Phi) is 3.17. The normalized spacial score (nSPS) is 18.5. The molecule has 0 bridgehead atoms. The number of carboxylic acid groups (broad SMARTS) is 1. The first-order valence-corrected chi connectivity index (χ1v) is 8.04. The van der Waals surface area contributed by atoms with Crippen LogP contribution in [0.4, 0.5) is 4.79 Å². The van der Waals surface area contributed by atoms with Crippen LogP contribution in [0.5, 0.6) is 0 Å². The Morgan fingerprint density at radius 1 is 1.25 bits per heavy atom. The molecule has 4 rings (SSSR count). The van der Waals surface area contributed by atoms with Crippen LogP contribution in [0.3, 0.4) is 0 Å². The summed E-state index contributed by atoms with van der Waals surface area (Å²) in [6, 6.07) is 14.1. The Morgan fingerprint density at radius 3 is 2.83 bits per heavy atom. The first-order valence-electron chi connectivity index (χ1n) is 8.04. The molecule has 0 spiro atoms. The molecule has 3 aromatic rings. The van der Waals surface area contributed by atoms with Gasteiger partial charge in [-0.3, -0.25) is 0 Å². The van der Waals surface area contributed by atoms with Crippen molar-refractivity contribution >= 4 is 17.1 Å². The lowest BCUT2D eigenvalue weighted by molar-refractivity contribution is 0.175. The number of para-hydroxylation sites is 1. The van der Waals surface area contributed by atoms with E-state index < -0.39 is 6.09 Å². The molecule has 1 aliphatic carbocycles. The van der Waals surface area contributed by atoms with E-state index in [-0.39, 0.29) is 11.5 Å². The highest BCUT2D eigenvalue weighted by molar-refractivity contribution is 5.94. The van der Waals surface area contributed by atoms with Gasteiger partial charge in [-0.15, -0.1) is 0 Å². The number of rotatable bonds is 2. The molecule has 1 amide bonds. The van der Waals surface area contributed by atoms with Crippen LogP contribution in [0.15, 0.2) is 53.1 Å². The van der Waals surface area contributed by atoms with Crippen molar-refractivity contribution in [1.29, 1.82) is 0 Å². The molecule has 1 heterocycles. The second kappa shape index (κ2) is 5.13. The number of furan rings is 1. The standard InChI is InChI=1S/C20H19NO3/c1-20(2)10-13-9-12(7-8-14(13)18(20)21-19(22)23)16-11-24-17-6-4-3-5-15(16)17/h3-9,11,18,21H,10H2,1-2H3,(H,22,23). The van der Waals surface area contributed by atoms with E-state index >= 15 is 0 Å². The minimum absolute atomic E-state index is 0.141. The summed E-state index contributed by atoms with van der Waals surface area (Å²) >= 11 is 0. The summed E-state index contributed by atoms with van der Waals surface area (Å²) in [7, 11) is 0. The maximum atomic E-state index is 11.1. The van der Waals surface area contributed by atoms with Crippen LogP contribution in [0.2, 0.25) is 0 Å². The third-order valence-corrected chi connectivity index (χ3v) is 4.94. The molecule has 1 atom stereocenters.